The smallest absolute Gasteiger partial charge is 0.407 e. The third-order valence-corrected chi connectivity index (χ3v) is 9.00. The van der Waals surface area contributed by atoms with Crippen LogP contribution in [0.3, 0.4) is 0 Å². The molecule has 0 radical (unpaired) electrons. The summed E-state index contributed by atoms with van der Waals surface area (Å²) in [4.78, 5) is 79.2. The fraction of sp³-hybridized carbons (Fsp3) is 0.725. The van der Waals surface area contributed by atoms with E-state index in [9.17, 15) is 28.8 Å². The van der Waals surface area contributed by atoms with Gasteiger partial charge in [0.25, 0.3) is 11.5 Å². The number of anilines is 1. The van der Waals surface area contributed by atoms with E-state index in [1.807, 2.05) is 20.8 Å². The van der Waals surface area contributed by atoms with E-state index in [2.05, 4.69) is 63.9 Å². The number of aromatic amines is 1. The monoisotopic (exact) mass is 823 g/mol. The van der Waals surface area contributed by atoms with Crippen LogP contribution in [-0.2, 0) is 28.5 Å². The number of carbonyl (C=O) groups excluding carboxylic acids is 5. The van der Waals surface area contributed by atoms with Crippen LogP contribution in [0.5, 0.6) is 0 Å². The van der Waals surface area contributed by atoms with Gasteiger partial charge in [0, 0.05) is 50.4 Å². The average molecular weight is 823 g/mol. The lowest BCUT2D eigenvalue weighted by Crippen LogP contribution is -2.55. The second kappa shape index (κ2) is 23.6. The van der Waals surface area contributed by atoms with E-state index >= 15 is 0 Å². The second-order valence-electron chi connectivity index (χ2n) is 17.5. The van der Waals surface area contributed by atoms with Gasteiger partial charge < -0.3 is 45.2 Å². The number of carbonyl (C=O) groups is 5. The van der Waals surface area contributed by atoms with Crippen molar-refractivity contribution in [3.8, 4) is 0 Å². The van der Waals surface area contributed by atoms with E-state index in [-0.39, 0.29) is 48.2 Å². The molecule has 4 unspecified atom stereocenters. The van der Waals surface area contributed by atoms with Gasteiger partial charge in [-0.3, -0.25) is 20.6 Å². The highest BCUT2D eigenvalue weighted by Gasteiger charge is 2.35. The molecule has 1 aromatic rings. The maximum absolute atomic E-state index is 13.0. The number of urea groups is 1. The SMILES string of the molecule is C=CC(=O)OCCOC(=O)NCC(C)(C)CC(C)CCNC(=O)C(C)(N)OC(C)CC(C)(C)OC(=O)NCCC(C)(C)CC(C)CNC(=O)Nc1nc(=O)cc(C)[nH]1. The number of amides is 5. The van der Waals surface area contributed by atoms with E-state index < -0.39 is 53.1 Å². The predicted molar refractivity (Wildman–Crippen MR) is 221 cm³/mol. The first kappa shape index (κ1) is 51.3. The first-order valence-electron chi connectivity index (χ1n) is 19.8. The molecule has 18 nitrogen and oxygen atoms in total. The van der Waals surface area contributed by atoms with Crippen LogP contribution in [0.2, 0.25) is 0 Å². The molecule has 0 aliphatic rings. The lowest BCUT2D eigenvalue weighted by atomic mass is 9.80. The van der Waals surface area contributed by atoms with Gasteiger partial charge in [0.1, 0.15) is 18.8 Å². The number of esters is 1. The Morgan fingerprint density at radius 1 is 0.862 bits per heavy atom. The number of aromatic nitrogens is 2. The third kappa shape index (κ3) is 22.9. The normalized spacial score (nSPS) is 14.4. The molecule has 8 N–H and O–H groups in total. The number of aryl methyl sites for hydroxylation is 1. The van der Waals surface area contributed by atoms with E-state index in [4.69, 9.17) is 24.7 Å². The first-order chi connectivity index (χ1) is 26.7. The van der Waals surface area contributed by atoms with Gasteiger partial charge in [0.2, 0.25) is 5.95 Å². The zero-order valence-electron chi connectivity index (χ0n) is 36.5. The van der Waals surface area contributed by atoms with Crippen LogP contribution in [0.1, 0.15) is 107 Å². The zero-order valence-corrected chi connectivity index (χ0v) is 36.5. The average Bonchev–Trinajstić information content (AvgIpc) is 3.06. The number of alkyl carbamates (subject to hydrolysis) is 2. The van der Waals surface area contributed by atoms with Gasteiger partial charge in [0.05, 0.1) is 6.10 Å². The molecule has 330 valence electrons. The van der Waals surface area contributed by atoms with Gasteiger partial charge in [-0.2, -0.15) is 4.98 Å². The largest absolute Gasteiger partial charge is 0.459 e. The summed E-state index contributed by atoms with van der Waals surface area (Å²) in [5.74, 6) is -0.658. The van der Waals surface area contributed by atoms with E-state index in [0.29, 0.717) is 44.7 Å². The second-order valence-corrected chi connectivity index (χ2v) is 17.5. The van der Waals surface area contributed by atoms with Gasteiger partial charge in [-0.1, -0.05) is 48.1 Å². The van der Waals surface area contributed by atoms with Crippen LogP contribution in [0.4, 0.5) is 20.3 Å². The Balaban J connectivity index is 2.40. The molecule has 1 rings (SSSR count). The standard InChI is InChI=1S/C40H70N8O10/c1-13-31(50)55-18-19-56-35(53)45-25-38(8,9)21-26(2)14-16-42-32(51)40(12,41)57-29(5)23-39(10,11)58-36(54)43-17-15-37(6,7)22-27(3)24-44-34(52)48-33-46-28(4)20-30(49)47-33/h13,20,26-27,29H,1,14-19,21-25,41H2,2-12H3,(H,42,51)(H,43,54)(H,45,53)(H3,44,46,47,48,49,52). The summed E-state index contributed by atoms with van der Waals surface area (Å²) in [5.41, 5.74) is 3.44. The van der Waals surface area contributed by atoms with Crippen LogP contribution >= 0.6 is 0 Å². The van der Waals surface area contributed by atoms with Crippen molar-refractivity contribution in [2.24, 2.45) is 28.4 Å². The molecule has 0 spiro atoms. The fourth-order valence-electron chi connectivity index (χ4n) is 6.63. The zero-order chi connectivity index (χ0) is 44.3. The molecule has 5 amide bonds. The highest BCUT2D eigenvalue weighted by molar-refractivity contribution is 5.87. The molecule has 0 aliphatic carbocycles. The van der Waals surface area contributed by atoms with E-state index in [1.165, 1.54) is 13.0 Å². The summed E-state index contributed by atoms with van der Waals surface area (Å²) in [7, 11) is 0. The van der Waals surface area contributed by atoms with E-state index in [0.717, 1.165) is 18.9 Å². The number of ether oxygens (including phenoxy) is 4. The summed E-state index contributed by atoms with van der Waals surface area (Å²) in [6.45, 7) is 25.4. The Morgan fingerprint density at radius 3 is 2.14 bits per heavy atom. The number of hydrogen-bond donors (Lipinski definition) is 7. The minimum absolute atomic E-state index is 0.0592. The number of rotatable bonds is 25. The molecule has 1 heterocycles. The van der Waals surface area contributed by atoms with Crippen LogP contribution < -0.4 is 37.9 Å². The highest BCUT2D eigenvalue weighted by Crippen LogP contribution is 2.29. The number of nitrogens with one attached hydrogen (secondary N) is 6. The fourth-order valence-corrected chi connectivity index (χ4v) is 6.63. The molecule has 4 atom stereocenters. The molecule has 0 saturated heterocycles. The predicted octanol–water partition coefficient (Wildman–Crippen LogP) is 4.63. The third-order valence-electron chi connectivity index (χ3n) is 9.00. The molecule has 58 heavy (non-hydrogen) atoms. The molecule has 0 aliphatic heterocycles. The summed E-state index contributed by atoms with van der Waals surface area (Å²) >= 11 is 0. The summed E-state index contributed by atoms with van der Waals surface area (Å²) < 4.78 is 21.4. The number of nitrogens with zero attached hydrogens (tertiary/aromatic N) is 1. The van der Waals surface area contributed by atoms with Crippen molar-refractivity contribution in [2.75, 3.05) is 44.7 Å². The highest BCUT2D eigenvalue weighted by atomic mass is 16.6. The van der Waals surface area contributed by atoms with Crippen molar-refractivity contribution in [1.29, 1.82) is 0 Å². The topological polar surface area (TPSA) is 254 Å². The van der Waals surface area contributed by atoms with Gasteiger partial charge in [-0.15, -0.1) is 0 Å². The van der Waals surface area contributed by atoms with Crippen LogP contribution in [0, 0.1) is 29.6 Å². The first-order valence-corrected chi connectivity index (χ1v) is 19.8. The van der Waals surface area contributed by atoms with Crippen molar-refractivity contribution >= 4 is 36.0 Å². The lowest BCUT2D eigenvalue weighted by molar-refractivity contribution is -0.154. The Labute approximate surface area is 343 Å². The Hall–Kier alpha value is -4.71. The number of H-pyrrole nitrogens is 1. The number of hydrogen-bond acceptors (Lipinski definition) is 12. The van der Waals surface area contributed by atoms with Crippen LogP contribution in [0.15, 0.2) is 23.5 Å². The molecular formula is C40H70N8O10. The molecule has 0 saturated carbocycles. The minimum Gasteiger partial charge on any atom is -0.459 e. The van der Waals surface area contributed by atoms with E-state index in [1.54, 1.807) is 27.7 Å². The minimum atomic E-state index is -1.63. The summed E-state index contributed by atoms with van der Waals surface area (Å²) in [6, 6.07) is 0.862. The molecule has 1 aromatic heterocycles. The van der Waals surface area contributed by atoms with Crippen molar-refractivity contribution in [2.45, 2.75) is 126 Å². The van der Waals surface area contributed by atoms with Crippen molar-refractivity contribution < 1.29 is 42.9 Å². The summed E-state index contributed by atoms with van der Waals surface area (Å²) in [5, 5.41) is 13.7. The summed E-state index contributed by atoms with van der Waals surface area (Å²) in [6.07, 6.45) is 2.45. The lowest BCUT2D eigenvalue weighted by Gasteiger charge is -2.33. The van der Waals surface area contributed by atoms with Gasteiger partial charge in [-0.05, 0) is 83.0 Å². The van der Waals surface area contributed by atoms with Gasteiger partial charge >= 0.3 is 24.2 Å². The number of nitrogens with two attached hydrogens (primary N) is 1. The van der Waals surface area contributed by atoms with Gasteiger partial charge in [0.15, 0.2) is 5.72 Å². The maximum Gasteiger partial charge on any atom is 0.407 e. The van der Waals surface area contributed by atoms with Crippen molar-refractivity contribution in [1.82, 2.24) is 31.2 Å². The quantitative estimate of drug-likeness (QED) is 0.0234. The molecule has 0 fully saturated rings. The van der Waals surface area contributed by atoms with Crippen LogP contribution in [0.25, 0.3) is 0 Å². The molecule has 0 aromatic carbocycles. The Kier molecular flexibility index (Phi) is 20.9. The maximum atomic E-state index is 13.0. The Bertz CT molecular complexity index is 1580. The molecular weight excluding hydrogens is 752 g/mol. The molecule has 18 heteroatoms. The van der Waals surface area contributed by atoms with Crippen molar-refractivity contribution in [3.05, 3.63) is 34.8 Å². The van der Waals surface area contributed by atoms with Crippen LogP contribution in [-0.4, -0.2) is 96.9 Å². The Morgan fingerprint density at radius 2 is 1.50 bits per heavy atom. The van der Waals surface area contributed by atoms with Gasteiger partial charge in [-0.25, -0.2) is 19.2 Å². The van der Waals surface area contributed by atoms with Crippen molar-refractivity contribution in [3.63, 3.8) is 0 Å². The molecule has 0 bridgehead atoms.